The van der Waals surface area contributed by atoms with Gasteiger partial charge in [0.05, 0.1) is 12.2 Å². The molecule has 7 atom stereocenters. The van der Waals surface area contributed by atoms with Gasteiger partial charge < -0.3 is 14.2 Å². The molecule has 0 aliphatic heterocycles. The molecule has 0 bridgehead atoms. The molecule has 4 heteroatoms. The molecule has 0 radical (unpaired) electrons. The predicted molar refractivity (Wildman–Crippen MR) is 104 cm³/mol. The van der Waals surface area contributed by atoms with Crippen LogP contribution in [-0.2, 0) is 19.0 Å². The van der Waals surface area contributed by atoms with E-state index in [4.69, 9.17) is 14.2 Å². The molecule has 0 saturated heterocycles. The molecule has 0 aromatic rings. The van der Waals surface area contributed by atoms with Gasteiger partial charge >= 0.3 is 5.97 Å². The maximum absolute atomic E-state index is 11.7. The van der Waals surface area contributed by atoms with Gasteiger partial charge in [-0.15, -0.1) is 0 Å². The number of hydrogen-bond donors (Lipinski definition) is 0. The number of methoxy groups -OCH3 is 2. The summed E-state index contributed by atoms with van der Waals surface area (Å²) < 4.78 is 17.3. The van der Waals surface area contributed by atoms with Crippen molar-refractivity contribution in [3.05, 3.63) is 11.6 Å². The minimum atomic E-state index is -0.152. The van der Waals surface area contributed by atoms with E-state index in [0.717, 1.165) is 31.1 Å². The van der Waals surface area contributed by atoms with E-state index in [2.05, 4.69) is 13.0 Å². The lowest BCUT2D eigenvalue weighted by molar-refractivity contribution is -0.151. The van der Waals surface area contributed by atoms with Gasteiger partial charge in [-0.3, -0.25) is 4.79 Å². The van der Waals surface area contributed by atoms with Gasteiger partial charge in [0.1, 0.15) is 6.61 Å². The fourth-order valence-corrected chi connectivity index (χ4v) is 7.52. The van der Waals surface area contributed by atoms with Crippen LogP contribution in [0.3, 0.4) is 0 Å². The second-order valence-electron chi connectivity index (χ2n) is 9.70. The second-order valence-corrected chi connectivity index (χ2v) is 9.70. The molecule has 4 nitrogen and oxygen atoms in total. The van der Waals surface area contributed by atoms with Gasteiger partial charge in [0.15, 0.2) is 0 Å². The lowest BCUT2D eigenvalue weighted by atomic mass is 9.47. The Hall–Kier alpha value is -0.870. The summed E-state index contributed by atoms with van der Waals surface area (Å²) in [4.78, 5) is 11.7. The van der Waals surface area contributed by atoms with Crippen LogP contribution in [0.25, 0.3) is 0 Å². The standard InChI is InChI=1S/C23H36O4/c1-15(24)27-14-23-12-9-17(25-3)13-16(23)5-6-18-19-7-8-21(26-4)22(19,2)11-10-20(18)23/h13,17-21H,5-12,14H2,1-4H3/t17?,18-,19-,20+,21?,22-,23+/m0/s1. The average molecular weight is 377 g/mol. The van der Waals surface area contributed by atoms with Crippen molar-refractivity contribution in [1.82, 2.24) is 0 Å². The second kappa shape index (κ2) is 7.18. The first-order valence-corrected chi connectivity index (χ1v) is 10.8. The molecule has 3 fully saturated rings. The van der Waals surface area contributed by atoms with Crippen LogP contribution in [0.15, 0.2) is 11.6 Å². The van der Waals surface area contributed by atoms with Crippen molar-refractivity contribution < 1.29 is 19.0 Å². The predicted octanol–water partition coefficient (Wildman–Crippen LogP) is 4.52. The maximum atomic E-state index is 11.7. The summed E-state index contributed by atoms with van der Waals surface area (Å²) in [5.74, 6) is 1.96. The van der Waals surface area contributed by atoms with Crippen molar-refractivity contribution in [2.75, 3.05) is 20.8 Å². The Kier molecular flexibility index (Phi) is 5.17. The number of fused-ring (bicyclic) bond motifs is 5. The Bertz CT molecular complexity index is 613. The fraction of sp³-hybridized carbons (Fsp3) is 0.870. The first-order chi connectivity index (χ1) is 12.9. The van der Waals surface area contributed by atoms with Crippen molar-refractivity contribution in [1.29, 1.82) is 0 Å². The largest absolute Gasteiger partial charge is 0.465 e. The van der Waals surface area contributed by atoms with Crippen molar-refractivity contribution in [3.63, 3.8) is 0 Å². The SMILES string of the molecule is COC1C=C2CC[C@@H]3[C@@H](CC[C@]4(C)C(OC)CC[C@@H]34)[C@@]2(COC(C)=O)CC1. The molecule has 0 N–H and O–H groups in total. The van der Waals surface area contributed by atoms with Crippen molar-refractivity contribution in [2.45, 2.75) is 77.4 Å². The maximum Gasteiger partial charge on any atom is 0.302 e. The highest BCUT2D eigenvalue weighted by molar-refractivity contribution is 5.66. The van der Waals surface area contributed by atoms with Crippen LogP contribution in [0.2, 0.25) is 0 Å². The van der Waals surface area contributed by atoms with Gasteiger partial charge in [-0.05, 0) is 74.5 Å². The third-order valence-corrected chi connectivity index (χ3v) is 8.83. The smallest absolute Gasteiger partial charge is 0.302 e. The summed E-state index contributed by atoms with van der Waals surface area (Å²) in [6, 6.07) is 0. The Morgan fingerprint density at radius 2 is 1.89 bits per heavy atom. The fourth-order valence-electron chi connectivity index (χ4n) is 7.52. The van der Waals surface area contributed by atoms with Gasteiger partial charge in [0, 0.05) is 26.6 Å². The quantitative estimate of drug-likeness (QED) is 0.534. The van der Waals surface area contributed by atoms with Crippen LogP contribution in [0.4, 0.5) is 0 Å². The molecule has 0 aromatic heterocycles. The number of hydrogen-bond acceptors (Lipinski definition) is 4. The lowest BCUT2D eigenvalue weighted by Gasteiger charge is -2.59. The number of rotatable bonds is 4. The van der Waals surface area contributed by atoms with E-state index < -0.39 is 0 Å². The van der Waals surface area contributed by atoms with E-state index in [1.165, 1.54) is 37.7 Å². The van der Waals surface area contributed by atoms with E-state index in [0.29, 0.717) is 24.0 Å². The normalized spacial score (nSPS) is 46.1. The van der Waals surface area contributed by atoms with Crippen molar-refractivity contribution in [2.24, 2.45) is 28.6 Å². The highest BCUT2D eigenvalue weighted by atomic mass is 16.5. The summed E-state index contributed by atoms with van der Waals surface area (Å²) in [5.41, 5.74) is 1.87. The molecule has 0 aromatic carbocycles. The van der Waals surface area contributed by atoms with E-state index in [9.17, 15) is 4.79 Å². The Balaban J connectivity index is 1.67. The third-order valence-electron chi connectivity index (χ3n) is 8.83. The molecule has 0 spiro atoms. The molecule has 2 unspecified atom stereocenters. The van der Waals surface area contributed by atoms with Crippen LogP contribution >= 0.6 is 0 Å². The highest BCUT2D eigenvalue weighted by Crippen LogP contribution is 2.65. The third kappa shape index (κ3) is 2.98. The molecule has 4 rings (SSSR count). The van der Waals surface area contributed by atoms with Crippen LogP contribution in [-0.4, -0.2) is 39.0 Å². The zero-order chi connectivity index (χ0) is 19.2. The average Bonchev–Trinajstić information content (AvgIpc) is 3.02. The van der Waals surface area contributed by atoms with E-state index in [1.54, 1.807) is 6.92 Å². The molecule has 4 aliphatic carbocycles. The Morgan fingerprint density at radius 1 is 1.07 bits per heavy atom. The minimum absolute atomic E-state index is 0.0378. The van der Waals surface area contributed by atoms with Crippen LogP contribution in [0.1, 0.15) is 65.2 Å². The molecular weight excluding hydrogens is 340 g/mol. The van der Waals surface area contributed by atoms with Crippen LogP contribution in [0, 0.1) is 28.6 Å². The summed E-state index contributed by atoms with van der Waals surface area (Å²) in [6.07, 6.45) is 12.5. The number of ether oxygens (including phenoxy) is 3. The van der Waals surface area contributed by atoms with Gasteiger partial charge in [-0.25, -0.2) is 0 Å². The van der Waals surface area contributed by atoms with Crippen molar-refractivity contribution >= 4 is 5.97 Å². The number of esters is 1. The first-order valence-electron chi connectivity index (χ1n) is 10.8. The Morgan fingerprint density at radius 3 is 2.59 bits per heavy atom. The molecule has 0 heterocycles. The van der Waals surface area contributed by atoms with Crippen LogP contribution in [0.5, 0.6) is 0 Å². The van der Waals surface area contributed by atoms with Gasteiger partial charge in [0.2, 0.25) is 0 Å². The topological polar surface area (TPSA) is 44.8 Å². The number of carbonyl (C=O) groups is 1. The number of carbonyl (C=O) groups excluding carboxylic acids is 1. The molecule has 0 amide bonds. The van der Waals surface area contributed by atoms with Gasteiger partial charge in [-0.1, -0.05) is 18.6 Å². The van der Waals surface area contributed by atoms with E-state index in [-0.39, 0.29) is 17.5 Å². The first kappa shape index (κ1) is 19.4. The monoisotopic (exact) mass is 376 g/mol. The summed E-state index contributed by atoms with van der Waals surface area (Å²) in [5, 5.41) is 0. The summed E-state index contributed by atoms with van der Waals surface area (Å²) in [6.45, 7) is 4.57. The summed E-state index contributed by atoms with van der Waals surface area (Å²) in [7, 11) is 3.70. The van der Waals surface area contributed by atoms with Crippen LogP contribution < -0.4 is 0 Å². The molecule has 4 aliphatic rings. The minimum Gasteiger partial charge on any atom is -0.465 e. The summed E-state index contributed by atoms with van der Waals surface area (Å²) >= 11 is 0. The van der Waals surface area contributed by atoms with Gasteiger partial charge in [-0.2, -0.15) is 0 Å². The molecule has 3 saturated carbocycles. The zero-order valence-corrected chi connectivity index (χ0v) is 17.5. The highest BCUT2D eigenvalue weighted by Gasteiger charge is 2.60. The molecular formula is C23H36O4. The van der Waals surface area contributed by atoms with E-state index >= 15 is 0 Å². The van der Waals surface area contributed by atoms with E-state index in [1.807, 2.05) is 14.2 Å². The lowest BCUT2D eigenvalue weighted by Crippen LogP contribution is -2.54. The molecule has 152 valence electrons. The Labute approximate surface area is 164 Å². The molecule has 27 heavy (non-hydrogen) atoms. The zero-order valence-electron chi connectivity index (χ0n) is 17.5. The van der Waals surface area contributed by atoms with Crippen molar-refractivity contribution in [3.8, 4) is 0 Å². The van der Waals surface area contributed by atoms with Gasteiger partial charge in [0.25, 0.3) is 0 Å².